The second-order valence-electron chi connectivity index (χ2n) is 9.82. The first-order valence-electron chi connectivity index (χ1n) is 12.4. The first-order valence-corrected chi connectivity index (χ1v) is 13.1. The largest absolute Gasteiger partial charge is 0.482 e. The van der Waals surface area contributed by atoms with Gasteiger partial charge in [0.25, 0.3) is 5.91 Å². The zero-order chi connectivity index (χ0) is 28.6. The molecule has 3 aromatic carbocycles. The van der Waals surface area contributed by atoms with E-state index in [1.165, 1.54) is 23.1 Å². The molecule has 2 saturated heterocycles. The van der Waals surface area contributed by atoms with E-state index in [0.717, 1.165) is 16.0 Å². The van der Waals surface area contributed by atoms with E-state index in [2.05, 4.69) is 11.0 Å². The number of imide groups is 1. The normalized spacial score (nSPS) is 20.8. The van der Waals surface area contributed by atoms with Crippen LogP contribution < -0.4 is 9.64 Å². The monoisotopic (exact) mass is 578 g/mol. The fourth-order valence-electron chi connectivity index (χ4n) is 5.51. The number of carbonyl (C=O) groups excluding carboxylic acids is 2. The van der Waals surface area contributed by atoms with Crippen LogP contribution in [-0.4, -0.2) is 65.1 Å². The quantitative estimate of drug-likeness (QED) is 0.402. The fourth-order valence-corrected chi connectivity index (χ4v) is 6.02. The average Bonchev–Trinajstić information content (AvgIpc) is 3.39. The minimum absolute atomic E-state index is 0.265. The number of carboxylic acid groups (broad SMARTS) is 1. The Morgan fingerprint density at radius 3 is 2.33 bits per heavy atom. The number of halogens is 2. The van der Waals surface area contributed by atoms with Crippen LogP contribution in [0.2, 0.25) is 10.0 Å². The Kier molecular flexibility index (Phi) is 7.43. The molecule has 5 rings (SSSR count). The molecule has 2 aliphatic rings. The fraction of sp³-hybridized carbons (Fsp3) is 0.241. The van der Waals surface area contributed by atoms with Gasteiger partial charge in [-0.25, -0.2) is 14.5 Å². The summed E-state index contributed by atoms with van der Waals surface area (Å²) in [6, 6.07) is 20.4. The van der Waals surface area contributed by atoms with E-state index in [1.807, 2.05) is 24.3 Å². The van der Waals surface area contributed by atoms with Crippen LogP contribution in [0.4, 0.5) is 10.5 Å². The standard InChI is InChI=1S/C29H24Cl2N4O5/c1-33-28(39)35(23-11-21(30)10-22(31)12-23)27(38)29(33)17-34(15-25(29)20-6-2-18(13-32)3-7-20)14-19-4-8-24(9-5-19)40-16-26(36)37/h2-12,25H,14-17H2,1H3,(H,36,37). The van der Waals surface area contributed by atoms with Crippen molar-refractivity contribution in [3.05, 3.63) is 93.5 Å². The lowest BCUT2D eigenvalue weighted by molar-refractivity contribution is -0.139. The van der Waals surface area contributed by atoms with Crippen LogP contribution in [0.5, 0.6) is 5.75 Å². The summed E-state index contributed by atoms with van der Waals surface area (Å²) in [5.74, 6) is -1.40. The molecule has 2 atom stereocenters. The number of nitrogens with zero attached hydrogens (tertiary/aromatic N) is 4. The van der Waals surface area contributed by atoms with Crippen molar-refractivity contribution < 1.29 is 24.2 Å². The van der Waals surface area contributed by atoms with Crippen molar-refractivity contribution in [3.63, 3.8) is 0 Å². The molecule has 1 spiro atoms. The lowest BCUT2D eigenvalue weighted by atomic mass is 9.80. The van der Waals surface area contributed by atoms with Crippen LogP contribution >= 0.6 is 23.2 Å². The number of likely N-dealkylation sites (tertiary alicyclic amines) is 1. The second-order valence-corrected chi connectivity index (χ2v) is 10.7. The summed E-state index contributed by atoms with van der Waals surface area (Å²) in [5, 5.41) is 18.7. The number of benzene rings is 3. The van der Waals surface area contributed by atoms with Gasteiger partial charge in [0.1, 0.15) is 11.3 Å². The molecule has 0 bridgehead atoms. The van der Waals surface area contributed by atoms with Crippen LogP contribution in [0, 0.1) is 11.3 Å². The van der Waals surface area contributed by atoms with Crippen molar-refractivity contribution in [1.82, 2.24) is 9.80 Å². The lowest BCUT2D eigenvalue weighted by Gasteiger charge is -2.34. The van der Waals surface area contributed by atoms with Gasteiger partial charge in [0.05, 0.1) is 17.3 Å². The Hall–Kier alpha value is -4.10. The first kappa shape index (κ1) is 27.5. The first-order chi connectivity index (χ1) is 19.1. The van der Waals surface area contributed by atoms with Gasteiger partial charge in [0.2, 0.25) is 0 Å². The third-order valence-electron chi connectivity index (χ3n) is 7.37. The minimum Gasteiger partial charge on any atom is -0.482 e. The molecule has 0 aromatic heterocycles. The van der Waals surface area contributed by atoms with E-state index in [0.29, 0.717) is 40.1 Å². The van der Waals surface area contributed by atoms with Gasteiger partial charge in [-0.1, -0.05) is 47.5 Å². The highest BCUT2D eigenvalue weighted by Crippen LogP contribution is 2.47. The van der Waals surface area contributed by atoms with Crippen molar-refractivity contribution in [1.29, 1.82) is 5.26 Å². The summed E-state index contributed by atoms with van der Waals surface area (Å²) in [6.07, 6.45) is 0. The van der Waals surface area contributed by atoms with Crippen LogP contribution in [0.1, 0.15) is 22.6 Å². The molecule has 3 aromatic rings. The average molecular weight is 579 g/mol. The van der Waals surface area contributed by atoms with Gasteiger partial charge in [0, 0.05) is 42.6 Å². The van der Waals surface area contributed by atoms with Gasteiger partial charge in [-0.05, 0) is 53.6 Å². The molecular weight excluding hydrogens is 555 g/mol. The third kappa shape index (κ3) is 4.97. The van der Waals surface area contributed by atoms with Gasteiger partial charge >= 0.3 is 12.0 Å². The summed E-state index contributed by atoms with van der Waals surface area (Å²) in [5.41, 5.74) is 1.33. The SMILES string of the molecule is CN1C(=O)N(c2cc(Cl)cc(Cl)c2)C(=O)C12CN(Cc1ccc(OCC(=O)O)cc1)CC2c1ccc(C#N)cc1. The Bertz CT molecular complexity index is 1500. The molecule has 11 heteroatoms. The second kappa shape index (κ2) is 10.8. The third-order valence-corrected chi connectivity index (χ3v) is 7.81. The number of urea groups is 1. The zero-order valence-electron chi connectivity index (χ0n) is 21.4. The Morgan fingerprint density at radius 1 is 1.07 bits per heavy atom. The Labute approximate surface area is 240 Å². The molecule has 2 unspecified atom stereocenters. The smallest absolute Gasteiger partial charge is 0.341 e. The number of anilines is 1. The molecule has 2 aliphatic heterocycles. The number of likely N-dealkylation sites (N-methyl/N-ethyl adjacent to an activating group) is 1. The van der Waals surface area contributed by atoms with E-state index in [9.17, 15) is 19.6 Å². The van der Waals surface area contributed by atoms with Crippen molar-refractivity contribution in [2.24, 2.45) is 0 Å². The maximum atomic E-state index is 14.3. The zero-order valence-corrected chi connectivity index (χ0v) is 22.9. The molecule has 1 N–H and O–H groups in total. The summed E-state index contributed by atoms with van der Waals surface area (Å²) in [7, 11) is 1.63. The van der Waals surface area contributed by atoms with Crippen LogP contribution in [0.3, 0.4) is 0 Å². The van der Waals surface area contributed by atoms with E-state index in [4.69, 9.17) is 33.0 Å². The summed E-state index contributed by atoms with van der Waals surface area (Å²) in [4.78, 5) is 43.4. The summed E-state index contributed by atoms with van der Waals surface area (Å²) in [6.45, 7) is 0.778. The molecule has 3 amide bonds. The molecule has 40 heavy (non-hydrogen) atoms. The molecule has 0 radical (unpaired) electrons. The molecule has 2 fully saturated rings. The van der Waals surface area contributed by atoms with Crippen molar-refractivity contribution in [2.75, 3.05) is 31.6 Å². The maximum absolute atomic E-state index is 14.3. The van der Waals surface area contributed by atoms with Crippen molar-refractivity contribution >= 4 is 46.8 Å². The molecule has 0 saturated carbocycles. The number of nitriles is 1. The topological polar surface area (TPSA) is 114 Å². The van der Waals surface area contributed by atoms with E-state index in [1.54, 1.807) is 31.3 Å². The molecule has 204 valence electrons. The molecule has 9 nitrogen and oxygen atoms in total. The van der Waals surface area contributed by atoms with Gasteiger partial charge in [-0.2, -0.15) is 5.26 Å². The number of aliphatic carboxylic acids is 1. The van der Waals surface area contributed by atoms with Crippen LogP contribution in [0.15, 0.2) is 66.7 Å². The highest BCUT2D eigenvalue weighted by molar-refractivity contribution is 6.35. The summed E-state index contributed by atoms with van der Waals surface area (Å²) >= 11 is 12.4. The van der Waals surface area contributed by atoms with E-state index in [-0.39, 0.29) is 18.4 Å². The van der Waals surface area contributed by atoms with Gasteiger partial charge in [-0.15, -0.1) is 0 Å². The van der Waals surface area contributed by atoms with Crippen LogP contribution in [-0.2, 0) is 16.1 Å². The van der Waals surface area contributed by atoms with E-state index >= 15 is 0 Å². The van der Waals surface area contributed by atoms with E-state index < -0.39 is 24.1 Å². The number of amides is 3. The molecule has 2 heterocycles. The predicted octanol–water partition coefficient (Wildman–Crippen LogP) is 4.77. The van der Waals surface area contributed by atoms with Crippen LogP contribution in [0.25, 0.3) is 0 Å². The van der Waals surface area contributed by atoms with Crippen molar-refractivity contribution in [3.8, 4) is 11.8 Å². The van der Waals surface area contributed by atoms with Gasteiger partial charge in [-0.3, -0.25) is 9.69 Å². The lowest BCUT2D eigenvalue weighted by Crippen LogP contribution is -2.53. The Balaban J connectivity index is 1.49. The summed E-state index contributed by atoms with van der Waals surface area (Å²) < 4.78 is 5.22. The number of carboxylic acids is 1. The molecular formula is C29H24Cl2N4O5. The Morgan fingerprint density at radius 2 is 1.73 bits per heavy atom. The highest BCUT2D eigenvalue weighted by atomic mass is 35.5. The highest BCUT2D eigenvalue weighted by Gasteiger charge is 2.64. The molecule has 0 aliphatic carbocycles. The van der Waals surface area contributed by atoms with Crippen molar-refractivity contribution in [2.45, 2.75) is 18.0 Å². The number of hydrogen-bond donors (Lipinski definition) is 1. The maximum Gasteiger partial charge on any atom is 0.341 e. The number of hydrogen-bond acceptors (Lipinski definition) is 6. The minimum atomic E-state index is -1.22. The predicted molar refractivity (Wildman–Crippen MR) is 149 cm³/mol. The van der Waals surface area contributed by atoms with Gasteiger partial charge in [0.15, 0.2) is 6.61 Å². The number of ether oxygens (including phenoxy) is 1. The van der Waals surface area contributed by atoms with Gasteiger partial charge < -0.3 is 14.7 Å². The number of rotatable bonds is 7. The number of carbonyl (C=O) groups is 3.